The number of hydrogen-bond acceptors (Lipinski definition) is 5. The Labute approximate surface area is 171 Å². The summed E-state index contributed by atoms with van der Waals surface area (Å²) in [5.74, 6) is -1.04. The molecule has 29 heavy (non-hydrogen) atoms. The predicted octanol–water partition coefficient (Wildman–Crippen LogP) is 3.68. The van der Waals surface area contributed by atoms with Gasteiger partial charge in [-0.25, -0.2) is 13.2 Å². The number of benzene rings is 2. The Kier molecular flexibility index (Phi) is 6.82. The first-order chi connectivity index (χ1) is 13.9. The molecule has 1 aliphatic rings. The van der Waals surface area contributed by atoms with Crippen molar-refractivity contribution in [1.29, 1.82) is 0 Å². The standard InChI is InChI=1S/C22H25NO5S/c1-17(21(24)18-10-5-4-6-11-18)28-22(25)19-12-9-13-20(16-19)29(26,27)23-14-7-2-3-8-15-23/h4-6,9-13,16-17H,2-3,7-8,14-15H2,1H3. The van der Waals surface area contributed by atoms with E-state index in [1.807, 2.05) is 0 Å². The molecular weight excluding hydrogens is 390 g/mol. The van der Waals surface area contributed by atoms with Gasteiger partial charge in [0.05, 0.1) is 10.5 Å². The first-order valence-corrected chi connectivity index (χ1v) is 11.2. The Morgan fingerprint density at radius 2 is 1.52 bits per heavy atom. The van der Waals surface area contributed by atoms with Gasteiger partial charge >= 0.3 is 5.97 Å². The number of Topliss-reactive ketones (excluding diaryl/α,β-unsaturated/α-hetero) is 1. The highest BCUT2D eigenvalue weighted by molar-refractivity contribution is 7.89. The van der Waals surface area contributed by atoms with Crippen molar-refractivity contribution < 1.29 is 22.7 Å². The van der Waals surface area contributed by atoms with E-state index in [2.05, 4.69) is 0 Å². The highest BCUT2D eigenvalue weighted by atomic mass is 32.2. The SMILES string of the molecule is CC(OC(=O)c1cccc(S(=O)(=O)N2CCCCCC2)c1)C(=O)c1ccccc1. The molecule has 1 saturated heterocycles. The number of hydrogen-bond donors (Lipinski definition) is 0. The molecule has 1 aliphatic heterocycles. The van der Waals surface area contributed by atoms with E-state index < -0.39 is 22.1 Å². The molecule has 0 aliphatic carbocycles. The molecule has 0 bridgehead atoms. The molecule has 0 N–H and O–H groups in total. The number of esters is 1. The molecule has 1 fully saturated rings. The van der Waals surface area contributed by atoms with Gasteiger partial charge < -0.3 is 4.74 Å². The minimum absolute atomic E-state index is 0.0656. The topological polar surface area (TPSA) is 80.8 Å². The van der Waals surface area contributed by atoms with Crippen LogP contribution in [0.1, 0.15) is 53.3 Å². The van der Waals surface area contributed by atoms with Crippen molar-refractivity contribution in [2.75, 3.05) is 13.1 Å². The van der Waals surface area contributed by atoms with Gasteiger partial charge in [0.25, 0.3) is 0 Å². The molecule has 154 valence electrons. The number of sulfonamides is 1. The normalized spacial score (nSPS) is 16.6. The van der Waals surface area contributed by atoms with Crippen LogP contribution in [0.4, 0.5) is 0 Å². The van der Waals surface area contributed by atoms with Crippen LogP contribution in [0.5, 0.6) is 0 Å². The summed E-state index contributed by atoms with van der Waals surface area (Å²) in [5.41, 5.74) is 0.555. The summed E-state index contributed by atoms with van der Waals surface area (Å²) < 4.78 is 32.7. The molecule has 1 heterocycles. The van der Waals surface area contributed by atoms with Crippen LogP contribution < -0.4 is 0 Å². The van der Waals surface area contributed by atoms with Crippen LogP contribution in [0.15, 0.2) is 59.5 Å². The Balaban J connectivity index is 1.74. The van der Waals surface area contributed by atoms with E-state index in [0.717, 1.165) is 25.7 Å². The molecule has 3 rings (SSSR count). The average Bonchev–Trinajstić information content (AvgIpc) is 3.04. The lowest BCUT2D eigenvalue weighted by Crippen LogP contribution is -2.32. The number of ether oxygens (including phenoxy) is 1. The summed E-state index contributed by atoms with van der Waals surface area (Å²) >= 11 is 0. The van der Waals surface area contributed by atoms with Crippen molar-refractivity contribution in [3.8, 4) is 0 Å². The van der Waals surface area contributed by atoms with Gasteiger partial charge in [-0.15, -0.1) is 0 Å². The van der Waals surface area contributed by atoms with E-state index in [0.29, 0.717) is 18.7 Å². The lowest BCUT2D eigenvalue weighted by atomic mass is 10.1. The first-order valence-electron chi connectivity index (χ1n) is 9.80. The van der Waals surface area contributed by atoms with Gasteiger partial charge in [0, 0.05) is 18.7 Å². The van der Waals surface area contributed by atoms with Crippen molar-refractivity contribution in [3.05, 3.63) is 65.7 Å². The summed E-state index contributed by atoms with van der Waals surface area (Å²) in [6, 6.07) is 14.4. The van der Waals surface area contributed by atoms with Crippen LogP contribution in [0.2, 0.25) is 0 Å². The van der Waals surface area contributed by atoms with Crippen molar-refractivity contribution >= 4 is 21.8 Å². The maximum Gasteiger partial charge on any atom is 0.338 e. The minimum atomic E-state index is -3.67. The van der Waals surface area contributed by atoms with Crippen LogP contribution >= 0.6 is 0 Å². The van der Waals surface area contributed by atoms with Crippen molar-refractivity contribution in [3.63, 3.8) is 0 Å². The molecule has 1 atom stereocenters. The second-order valence-electron chi connectivity index (χ2n) is 7.12. The molecule has 0 saturated carbocycles. The predicted molar refractivity (Wildman–Crippen MR) is 109 cm³/mol. The molecule has 0 spiro atoms. The largest absolute Gasteiger partial charge is 0.451 e. The van der Waals surface area contributed by atoms with Crippen molar-refractivity contribution in [2.24, 2.45) is 0 Å². The van der Waals surface area contributed by atoms with E-state index in [-0.39, 0.29) is 16.2 Å². The monoisotopic (exact) mass is 415 g/mol. The van der Waals surface area contributed by atoms with Gasteiger partial charge in [0.15, 0.2) is 6.10 Å². The van der Waals surface area contributed by atoms with E-state index >= 15 is 0 Å². The van der Waals surface area contributed by atoms with Crippen LogP contribution in [0.25, 0.3) is 0 Å². The highest BCUT2D eigenvalue weighted by Gasteiger charge is 2.27. The fourth-order valence-corrected chi connectivity index (χ4v) is 4.90. The Bertz CT molecular complexity index is 964. The van der Waals surface area contributed by atoms with E-state index in [1.165, 1.54) is 35.5 Å². The molecule has 0 aromatic heterocycles. The molecule has 2 aromatic carbocycles. The molecule has 7 heteroatoms. The van der Waals surface area contributed by atoms with Gasteiger partial charge in [-0.1, -0.05) is 49.2 Å². The summed E-state index contributed by atoms with van der Waals surface area (Å²) in [6.45, 7) is 2.48. The summed E-state index contributed by atoms with van der Waals surface area (Å²) in [5, 5.41) is 0. The molecular formula is C22H25NO5S. The van der Waals surface area contributed by atoms with Crippen molar-refractivity contribution in [1.82, 2.24) is 4.31 Å². The molecule has 1 unspecified atom stereocenters. The fourth-order valence-electron chi connectivity index (χ4n) is 3.33. The molecule has 0 amide bonds. The zero-order valence-electron chi connectivity index (χ0n) is 16.4. The maximum absolute atomic E-state index is 12.9. The number of rotatable bonds is 6. The average molecular weight is 416 g/mol. The van der Waals surface area contributed by atoms with Crippen LogP contribution in [0.3, 0.4) is 0 Å². The minimum Gasteiger partial charge on any atom is -0.451 e. The lowest BCUT2D eigenvalue weighted by molar-refractivity contribution is 0.0318. The summed E-state index contributed by atoms with van der Waals surface area (Å²) in [7, 11) is -3.67. The fraction of sp³-hybridized carbons (Fsp3) is 0.364. The smallest absolute Gasteiger partial charge is 0.338 e. The zero-order valence-corrected chi connectivity index (χ0v) is 17.2. The van der Waals surface area contributed by atoms with Crippen LogP contribution in [-0.4, -0.2) is 43.7 Å². The Hall–Kier alpha value is -2.51. The second kappa shape index (κ2) is 9.33. The van der Waals surface area contributed by atoms with Gasteiger partial charge in [-0.3, -0.25) is 4.79 Å². The number of carbonyl (C=O) groups excluding carboxylic acids is 2. The Morgan fingerprint density at radius 1 is 0.897 bits per heavy atom. The number of nitrogens with zero attached hydrogens (tertiary/aromatic N) is 1. The van der Waals surface area contributed by atoms with Gasteiger partial charge in [0.2, 0.25) is 15.8 Å². The van der Waals surface area contributed by atoms with Gasteiger partial charge in [-0.2, -0.15) is 4.31 Å². The van der Waals surface area contributed by atoms with Crippen LogP contribution in [0, 0.1) is 0 Å². The summed E-state index contributed by atoms with van der Waals surface area (Å²) in [4.78, 5) is 25.0. The van der Waals surface area contributed by atoms with Crippen LogP contribution in [-0.2, 0) is 14.8 Å². The lowest BCUT2D eigenvalue weighted by Gasteiger charge is -2.20. The third kappa shape index (κ3) is 5.10. The van der Waals surface area contributed by atoms with E-state index in [1.54, 1.807) is 30.3 Å². The third-order valence-electron chi connectivity index (χ3n) is 4.98. The zero-order chi connectivity index (χ0) is 20.9. The molecule has 0 radical (unpaired) electrons. The van der Waals surface area contributed by atoms with E-state index in [9.17, 15) is 18.0 Å². The van der Waals surface area contributed by atoms with Gasteiger partial charge in [-0.05, 0) is 38.0 Å². The summed E-state index contributed by atoms with van der Waals surface area (Å²) in [6.07, 6.45) is 2.73. The van der Waals surface area contributed by atoms with Gasteiger partial charge in [0.1, 0.15) is 0 Å². The number of ketones is 1. The quantitative estimate of drug-likeness (QED) is 0.531. The third-order valence-corrected chi connectivity index (χ3v) is 6.88. The van der Waals surface area contributed by atoms with E-state index in [4.69, 9.17) is 4.74 Å². The van der Waals surface area contributed by atoms with Crippen molar-refractivity contribution in [2.45, 2.75) is 43.6 Å². The highest BCUT2D eigenvalue weighted by Crippen LogP contribution is 2.21. The first kappa shape index (κ1) is 21.2. The Morgan fingerprint density at radius 3 is 2.17 bits per heavy atom. The molecule has 2 aromatic rings. The second-order valence-corrected chi connectivity index (χ2v) is 9.06. The maximum atomic E-state index is 12.9. The molecule has 6 nitrogen and oxygen atoms in total. The number of carbonyl (C=O) groups is 2.